The summed E-state index contributed by atoms with van der Waals surface area (Å²) in [6.07, 6.45) is 3.26. The first kappa shape index (κ1) is 50.6. The van der Waals surface area contributed by atoms with Crippen molar-refractivity contribution in [2.45, 2.75) is 90.0 Å². The fourth-order valence-corrected chi connectivity index (χ4v) is 9.07. The maximum absolute atomic E-state index is 13.2. The Morgan fingerprint density at radius 3 is 1.40 bits per heavy atom. The topological polar surface area (TPSA) is 201 Å². The number of rotatable bonds is 11. The van der Waals surface area contributed by atoms with Gasteiger partial charge in [-0.1, -0.05) is 92.8 Å². The molecule has 4 heterocycles. The summed E-state index contributed by atoms with van der Waals surface area (Å²) in [5, 5.41) is 10.6. The predicted octanol–water partition coefficient (Wildman–Crippen LogP) is 9.76. The molecule has 348 valence electrons. The number of fused-ring (bicyclic) bond motifs is 2. The number of aromatic nitrogens is 6. The van der Waals surface area contributed by atoms with Crippen LogP contribution in [0.5, 0.6) is 0 Å². The van der Waals surface area contributed by atoms with Crippen LogP contribution >= 0.6 is 0 Å². The van der Waals surface area contributed by atoms with Crippen molar-refractivity contribution in [1.29, 1.82) is 0 Å². The summed E-state index contributed by atoms with van der Waals surface area (Å²) < 4.78 is 60.9. The number of sulfonamides is 2. The van der Waals surface area contributed by atoms with Crippen molar-refractivity contribution in [2.24, 2.45) is 5.73 Å². The average molecular weight is 941 g/mol. The first-order chi connectivity index (χ1) is 30.7. The fourth-order valence-electron chi connectivity index (χ4n) is 7.00. The molecule has 0 aliphatic heterocycles. The highest BCUT2D eigenvalue weighted by molar-refractivity contribution is 7.93. The van der Waals surface area contributed by atoms with Gasteiger partial charge in [-0.15, -0.1) is 0 Å². The molecular formula is C50H56N10O5S2. The van der Waals surface area contributed by atoms with Gasteiger partial charge in [0.1, 0.15) is 17.3 Å². The number of nitrogens with one attached hydrogen (secondary N) is 2. The molecule has 1 amide bonds. The van der Waals surface area contributed by atoms with Crippen molar-refractivity contribution in [2.75, 3.05) is 9.44 Å². The smallest absolute Gasteiger partial charge is 0.263 e. The van der Waals surface area contributed by atoms with Gasteiger partial charge in [-0.2, -0.15) is 10.2 Å². The Kier molecular flexibility index (Phi) is 15.1. The molecule has 0 aliphatic rings. The monoisotopic (exact) mass is 940 g/mol. The third-order valence-electron chi connectivity index (χ3n) is 10.4. The number of primary amides is 1. The average Bonchev–Trinajstić information content (AvgIpc) is 3.84. The minimum absolute atomic E-state index is 0. The van der Waals surface area contributed by atoms with Gasteiger partial charge in [-0.05, 0) is 94.8 Å². The number of carbonyl (C=O) groups is 1. The molecule has 0 unspecified atom stereocenters. The summed E-state index contributed by atoms with van der Waals surface area (Å²) in [6.45, 7) is 19.6. The van der Waals surface area contributed by atoms with E-state index in [9.17, 15) is 21.6 Å². The van der Waals surface area contributed by atoms with E-state index < -0.39 is 26.0 Å². The maximum Gasteiger partial charge on any atom is 0.263 e. The molecule has 0 atom stereocenters. The van der Waals surface area contributed by atoms with E-state index in [1.54, 1.807) is 67.0 Å². The number of nitrogens with zero attached hydrogens (tertiary/aromatic N) is 7. The Morgan fingerprint density at radius 2 is 1.01 bits per heavy atom. The second-order valence-corrected chi connectivity index (χ2v) is 20.6. The van der Waals surface area contributed by atoms with Crippen molar-refractivity contribution >= 4 is 59.4 Å². The van der Waals surface area contributed by atoms with Crippen LogP contribution < -0.4 is 15.2 Å². The summed E-state index contributed by atoms with van der Waals surface area (Å²) in [5.74, 6) is -0.103. The molecule has 0 saturated carbocycles. The van der Waals surface area contributed by atoms with Crippen LogP contribution in [-0.2, 0) is 48.6 Å². The second-order valence-electron chi connectivity index (χ2n) is 17.3. The highest BCUT2D eigenvalue weighted by Crippen LogP contribution is 2.30. The van der Waals surface area contributed by atoms with Gasteiger partial charge >= 0.3 is 0 Å². The first-order valence-electron chi connectivity index (χ1n) is 20.5. The molecule has 0 saturated heterocycles. The summed E-state index contributed by atoms with van der Waals surface area (Å²) in [6, 6.07) is 35.1. The third-order valence-corrected chi connectivity index (χ3v) is 13.1. The van der Waals surface area contributed by atoms with E-state index in [1.165, 1.54) is 15.4 Å². The minimum atomic E-state index is -3.92. The van der Waals surface area contributed by atoms with E-state index in [0.717, 1.165) is 32.9 Å². The van der Waals surface area contributed by atoms with Crippen LogP contribution in [0.15, 0.2) is 144 Å². The van der Waals surface area contributed by atoms with Crippen LogP contribution in [0.25, 0.3) is 38.0 Å². The number of nitrogens with two attached hydrogens (primary N) is 1. The molecule has 0 fully saturated rings. The highest BCUT2D eigenvalue weighted by Gasteiger charge is 2.24. The largest absolute Gasteiger partial charge is 0.369 e. The number of carbonyl (C=O) groups excluding carboxylic acids is 1. The van der Waals surface area contributed by atoms with Crippen molar-refractivity contribution in [3.05, 3.63) is 168 Å². The van der Waals surface area contributed by atoms with Gasteiger partial charge in [0, 0.05) is 35.3 Å². The Morgan fingerprint density at radius 1 is 0.612 bits per heavy atom. The van der Waals surface area contributed by atoms with Crippen LogP contribution in [-0.4, -0.2) is 52.3 Å². The Hall–Kier alpha value is -7.42. The zero-order valence-corrected chi connectivity index (χ0v) is 38.3. The third kappa shape index (κ3) is 11.5. The van der Waals surface area contributed by atoms with Gasteiger partial charge in [0.25, 0.3) is 26.6 Å². The van der Waals surface area contributed by atoms with E-state index in [-0.39, 0.29) is 60.1 Å². The predicted molar refractivity (Wildman–Crippen MR) is 266 cm³/mol. The maximum atomic E-state index is 13.2. The Labute approximate surface area is 393 Å². The van der Waals surface area contributed by atoms with Crippen LogP contribution in [0.4, 0.5) is 11.6 Å². The lowest BCUT2D eigenvalue weighted by Crippen LogP contribution is -2.17. The van der Waals surface area contributed by atoms with Crippen molar-refractivity contribution in [3.8, 4) is 11.4 Å². The molecule has 8 aromatic rings. The molecule has 4 aromatic carbocycles. The molecule has 4 N–H and O–H groups in total. The number of amides is 1. The van der Waals surface area contributed by atoms with E-state index in [1.807, 2.05) is 60.7 Å². The van der Waals surface area contributed by atoms with Gasteiger partial charge < -0.3 is 10.6 Å². The van der Waals surface area contributed by atoms with Gasteiger partial charge in [-0.25, -0.2) is 32.8 Å². The molecule has 0 aliphatic carbocycles. The molecule has 0 bridgehead atoms. The lowest BCUT2D eigenvalue weighted by molar-refractivity contribution is -0.117. The molecule has 15 nitrogen and oxygen atoms in total. The summed E-state index contributed by atoms with van der Waals surface area (Å²) in [7, 11) is -7.78. The van der Waals surface area contributed by atoms with E-state index in [0.29, 0.717) is 22.8 Å². The second kappa shape index (κ2) is 20.0. The molecule has 0 radical (unpaired) electrons. The quantitative estimate of drug-likeness (QED) is 0.106. The number of pyridine rings is 2. The van der Waals surface area contributed by atoms with Gasteiger partial charge in [0.15, 0.2) is 0 Å². The number of anilines is 2. The van der Waals surface area contributed by atoms with E-state index in [2.05, 4.69) is 76.0 Å². The van der Waals surface area contributed by atoms with E-state index >= 15 is 0 Å². The lowest BCUT2D eigenvalue weighted by atomic mass is 9.87. The van der Waals surface area contributed by atoms with E-state index in [4.69, 9.17) is 12.3 Å². The summed E-state index contributed by atoms with van der Waals surface area (Å²) in [5.41, 5.74) is 10.9. The molecular weight excluding hydrogens is 885 g/mol. The molecule has 0 spiro atoms. The van der Waals surface area contributed by atoms with Crippen LogP contribution in [0, 0.1) is 6.57 Å². The van der Waals surface area contributed by atoms with Crippen molar-refractivity contribution in [3.63, 3.8) is 0 Å². The van der Waals surface area contributed by atoms with Crippen molar-refractivity contribution in [1.82, 2.24) is 29.5 Å². The van der Waals surface area contributed by atoms with Crippen molar-refractivity contribution < 1.29 is 21.6 Å². The highest BCUT2D eigenvalue weighted by atomic mass is 32.2. The zero-order chi connectivity index (χ0) is 46.7. The normalized spacial score (nSPS) is 11.7. The number of hydrogen-bond acceptors (Lipinski definition) is 9. The Balaban J connectivity index is 0.000000244. The van der Waals surface area contributed by atoms with Gasteiger partial charge in [0.05, 0.1) is 44.3 Å². The molecule has 8 rings (SSSR count). The van der Waals surface area contributed by atoms with Crippen LogP contribution in [0.3, 0.4) is 0 Å². The Bertz CT molecular complexity index is 3300. The fraction of sp³-hybridized carbons (Fsp3) is 0.240. The standard InChI is InChI=1S/C24H25N5O3S.C24H23N5O2S.2CH4/c1-24(2,3)16-9-11-18(12-10-16)33(31,32)28-23-15-17(14-22(25)30)27-29(23)21-8-4-7-20-19(21)6-5-13-26-20;1-24(2,3)17-10-12-19(13-11-17)32(30,31)28-23-15-18(16-25-4)27-29(23)22-9-5-8-21-20(22)7-6-14-26-21;;/h4-13,15,28H,14H2,1-3H3,(H2,25,30);5-15,28H,16H2,1-3H3;2*1H4. The lowest BCUT2D eigenvalue weighted by Gasteiger charge is -2.19. The van der Waals surface area contributed by atoms with Crippen LogP contribution in [0.2, 0.25) is 0 Å². The summed E-state index contributed by atoms with van der Waals surface area (Å²) >= 11 is 0. The summed E-state index contributed by atoms with van der Waals surface area (Å²) in [4.78, 5) is 23.9. The molecule has 17 heteroatoms. The minimum Gasteiger partial charge on any atom is -0.369 e. The van der Waals surface area contributed by atoms with Gasteiger partial charge in [-0.3, -0.25) is 24.2 Å². The van der Waals surface area contributed by atoms with Gasteiger partial charge in [0.2, 0.25) is 5.91 Å². The number of hydrogen-bond donors (Lipinski definition) is 3. The molecule has 4 aromatic heterocycles. The SMILES string of the molecule is C.C.CC(C)(C)c1ccc(S(=O)(=O)Nc2cc(CC(N)=O)nn2-c2cccc3ncccc23)cc1.[C-]#[N+]Cc1cc(NS(=O)(=O)c2ccc(C(C)(C)C)cc2)n(-c2cccc3ncccc23)n1. The molecule has 67 heavy (non-hydrogen) atoms. The van der Waals surface area contributed by atoms with Crippen LogP contribution in [0.1, 0.15) is 78.9 Å². The first-order valence-corrected chi connectivity index (χ1v) is 23.4. The number of benzene rings is 4. The zero-order valence-electron chi connectivity index (χ0n) is 36.7.